The van der Waals surface area contributed by atoms with Crippen molar-refractivity contribution >= 4 is 15.9 Å². The lowest BCUT2D eigenvalue weighted by molar-refractivity contribution is 0.0691. The van der Waals surface area contributed by atoms with E-state index in [2.05, 4.69) is 16.9 Å². The van der Waals surface area contributed by atoms with Crippen LogP contribution < -0.4 is 0 Å². The minimum absolute atomic E-state index is 0.223. The smallest absolute Gasteiger partial charge is 0.274 e. The number of amides is 1. The van der Waals surface area contributed by atoms with Crippen molar-refractivity contribution in [2.75, 3.05) is 26.2 Å². The molecule has 1 aliphatic heterocycles. The highest BCUT2D eigenvalue weighted by Gasteiger charge is 2.30. The highest BCUT2D eigenvalue weighted by molar-refractivity contribution is 7.89. The average molecular weight is 374 g/mol. The topological polar surface area (TPSA) is 83.5 Å². The maximum absolute atomic E-state index is 12.8. The Kier molecular flexibility index (Phi) is 5.63. The molecule has 7 nitrogen and oxygen atoms in total. The predicted octanol–water partition coefficient (Wildman–Crippen LogP) is 1.58. The third-order valence-electron chi connectivity index (χ3n) is 4.41. The van der Waals surface area contributed by atoms with E-state index in [1.165, 1.54) is 22.9 Å². The Morgan fingerprint density at radius 1 is 1.08 bits per heavy atom. The number of benzene rings is 1. The van der Waals surface area contributed by atoms with Crippen LogP contribution in [0.25, 0.3) is 0 Å². The molecule has 0 unspecified atom stereocenters. The monoisotopic (exact) mass is 374 g/mol. The van der Waals surface area contributed by atoms with E-state index in [-0.39, 0.29) is 24.7 Å². The van der Waals surface area contributed by atoms with Gasteiger partial charge in [-0.25, -0.2) is 13.4 Å². The molecule has 0 spiro atoms. The molecule has 0 aliphatic carbocycles. The van der Waals surface area contributed by atoms with Crippen molar-refractivity contribution in [3.05, 3.63) is 54.1 Å². The van der Waals surface area contributed by atoms with E-state index in [1.54, 1.807) is 17.0 Å². The first kappa shape index (κ1) is 18.5. The SMILES string of the molecule is CCCc1ccc(S(=O)(=O)N2CCN(C(=O)c3cnccn3)CC2)cc1. The summed E-state index contributed by atoms with van der Waals surface area (Å²) in [7, 11) is -3.54. The third kappa shape index (κ3) is 3.91. The summed E-state index contributed by atoms with van der Waals surface area (Å²) in [4.78, 5) is 22.2. The van der Waals surface area contributed by atoms with Crippen molar-refractivity contribution in [2.45, 2.75) is 24.7 Å². The molecular formula is C18H22N4O3S. The van der Waals surface area contributed by atoms with Crippen molar-refractivity contribution in [2.24, 2.45) is 0 Å². The molecule has 1 aromatic carbocycles. The van der Waals surface area contributed by atoms with Gasteiger partial charge in [0.1, 0.15) is 5.69 Å². The summed E-state index contributed by atoms with van der Waals surface area (Å²) in [5, 5.41) is 0. The zero-order valence-electron chi connectivity index (χ0n) is 14.7. The largest absolute Gasteiger partial charge is 0.335 e. The van der Waals surface area contributed by atoms with Crippen LogP contribution in [-0.4, -0.2) is 59.7 Å². The molecule has 8 heteroatoms. The van der Waals surface area contributed by atoms with E-state index in [4.69, 9.17) is 0 Å². The van der Waals surface area contributed by atoms with Crippen molar-refractivity contribution in [3.8, 4) is 0 Å². The van der Waals surface area contributed by atoms with Gasteiger partial charge in [-0.05, 0) is 24.1 Å². The molecule has 1 aromatic heterocycles. The quantitative estimate of drug-likeness (QED) is 0.793. The molecule has 0 N–H and O–H groups in total. The summed E-state index contributed by atoms with van der Waals surface area (Å²) in [6.45, 7) is 3.30. The Morgan fingerprint density at radius 3 is 2.35 bits per heavy atom. The summed E-state index contributed by atoms with van der Waals surface area (Å²) in [6.07, 6.45) is 6.35. The number of sulfonamides is 1. The lowest BCUT2D eigenvalue weighted by Crippen LogP contribution is -2.50. The standard InChI is InChI=1S/C18H22N4O3S/c1-2-3-15-4-6-16(7-5-15)26(24,25)22-12-10-21(11-13-22)18(23)17-14-19-8-9-20-17/h4-9,14H,2-3,10-13H2,1H3. The van der Waals surface area contributed by atoms with Gasteiger partial charge in [-0.2, -0.15) is 4.31 Å². The highest BCUT2D eigenvalue weighted by atomic mass is 32.2. The van der Waals surface area contributed by atoms with E-state index in [0.717, 1.165) is 18.4 Å². The third-order valence-corrected chi connectivity index (χ3v) is 6.32. The number of aromatic nitrogens is 2. The molecular weight excluding hydrogens is 352 g/mol. The van der Waals surface area contributed by atoms with Gasteiger partial charge in [-0.1, -0.05) is 25.5 Å². The molecule has 0 atom stereocenters. The zero-order valence-corrected chi connectivity index (χ0v) is 15.5. The van der Waals surface area contributed by atoms with Gasteiger partial charge in [-0.3, -0.25) is 9.78 Å². The van der Waals surface area contributed by atoms with E-state index >= 15 is 0 Å². The molecule has 0 radical (unpaired) electrons. The number of hydrogen-bond acceptors (Lipinski definition) is 5. The Morgan fingerprint density at radius 2 is 1.77 bits per heavy atom. The predicted molar refractivity (Wildman–Crippen MR) is 97.1 cm³/mol. The maximum Gasteiger partial charge on any atom is 0.274 e. The van der Waals surface area contributed by atoms with Crippen LogP contribution in [-0.2, 0) is 16.4 Å². The van der Waals surface area contributed by atoms with E-state index < -0.39 is 10.0 Å². The fourth-order valence-corrected chi connectivity index (χ4v) is 4.39. The summed E-state index contributed by atoms with van der Waals surface area (Å²) >= 11 is 0. The van der Waals surface area contributed by atoms with Crippen LogP contribution in [0.15, 0.2) is 47.8 Å². The van der Waals surface area contributed by atoms with E-state index in [0.29, 0.717) is 18.0 Å². The Labute approximate surface area is 153 Å². The number of carbonyl (C=O) groups is 1. The van der Waals surface area contributed by atoms with Gasteiger partial charge < -0.3 is 4.90 Å². The van der Waals surface area contributed by atoms with Gasteiger partial charge >= 0.3 is 0 Å². The molecule has 1 fully saturated rings. The molecule has 2 heterocycles. The van der Waals surface area contributed by atoms with Gasteiger partial charge in [0.15, 0.2) is 0 Å². The molecule has 0 saturated carbocycles. The second-order valence-electron chi connectivity index (χ2n) is 6.18. The van der Waals surface area contributed by atoms with Crippen LogP contribution in [0.1, 0.15) is 29.4 Å². The summed E-state index contributed by atoms with van der Waals surface area (Å²) < 4.78 is 27.0. The number of aryl methyl sites for hydroxylation is 1. The van der Waals surface area contributed by atoms with Crippen molar-refractivity contribution < 1.29 is 13.2 Å². The van der Waals surface area contributed by atoms with Gasteiger partial charge in [-0.15, -0.1) is 0 Å². The minimum Gasteiger partial charge on any atom is -0.335 e. The maximum atomic E-state index is 12.8. The van der Waals surface area contributed by atoms with Crippen LogP contribution in [0.5, 0.6) is 0 Å². The molecule has 1 saturated heterocycles. The van der Waals surface area contributed by atoms with Crippen LogP contribution in [0.3, 0.4) is 0 Å². The normalized spacial score (nSPS) is 15.8. The summed E-state index contributed by atoms with van der Waals surface area (Å²) in [5.74, 6) is -0.223. The molecule has 0 bridgehead atoms. The number of nitrogens with zero attached hydrogens (tertiary/aromatic N) is 4. The average Bonchev–Trinajstić information content (AvgIpc) is 2.69. The van der Waals surface area contributed by atoms with Gasteiger partial charge in [0.2, 0.25) is 10.0 Å². The Bertz CT molecular complexity index is 846. The minimum atomic E-state index is -3.54. The first-order valence-electron chi connectivity index (χ1n) is 8.66. The lowest BCUT2D eigenvalue weighted by Gasteiger charge is -2.33. The fourth-order valence-electron chi connectivity index (χ4n) is 2.97. The van der Waals surface area contributed by atoms with E-state index in [1.807, 2.05) is 12.1 Å². The zero-order chi connectivity index (χ0) is 18.6. The van der Waals surface area contributed by atoms with Crippen LogP contribution in [0.2, 0.25) is 0 Å². The summed E-state index contributed by atoms with van der Waals surface area (Å²) in [5.41, 5.74) is 1.40. The molecule has 2 aromatic rings. The first-order chi connectivity index (χ1) is 12.5. The second kappa shape index (κ2) is 7.92. The molecule has 1 aliphatic rings. The van der Waals surface area contributed by atoms with E-state index in [9.17, 15) is 13.2 Å². The summed E-state index contributed by atoms with van der Waals surface area (Å²) in [6, 6.07) is 7.06. The number of carbonyl (C=O) groups excluding carboxylic acids is 1. The Hall–Kier alpha value is -2.32. The van der Waals surface area contributed by atoms with Crippen molar-refractivity contribution in [1.29, 1.82) is 0 Å². The Balaban J connectivity index is 1.66. The number of piperazine rings is 1. The van der Waals surface area contributed by atoms with Crippen LogP contribution >= 0.6 is 0 Å². The molecule has 1 amide bonds. The molecule has 3 rings (SSSR count). The fraction of sp³-hybridized carbons (Fsp3) is 0.389. The number of rotatable bonds is 5. The van der Waals surface area contributed by atoms with Crippen LogP contribution in [0, 0.1) is 0 Å². The van der Waals surface area contributed by atoms with Crippen LogP contribution in [0.4, 0.5) is 0 Å². The van der Waals surface area contributed by atoms with Gasteiger partial charge in [0, 0.05) is 38.6 Å². The molecule has 26 heavy (non-hydrogen) atoms. The van der Waals surface area contributed by atoms with Gasteiger partial charge in [0.25, 0.3) is 5.91 Å². The highest BCUT2D eigenvalue weighted by Crippen LogP contribution is 2.19. The second-order valence-corrected chi connectivity index (χ2v) is 8.12. The molecule has 138 valence electrons. The number of hydrogen-bond donors (Lipinski definition) is 0. The van der Waals surface area contributed by atoms with Crippen molar-refractivity contribution in [1.82, 2.24) is 19.2 Å². The van der Waals surface area contributed by atoms with Crippen molar-refractivity contribution in [3.63, 3.8) is 0 Å². The first-order valence-corrected chi connectivity index (χ1v) is 10.1. The van der Waals surface area contributed by atoms with Gasteiger partial charge in [0.05, 0.1) is 11.1 Å². The lowest BCUT2D eigenvalue weighted by atomic mass is 10.1.